The minimum absolute atomic E-state index is 0.286. The molecule has 6 atom stereocenters. The van der Waals surface area contributed by atoms with Crippen molar-refractivity contribution >= 4 is 0 Å². The molecule has 5 N–H and O–H groups in total. The Morgan fingerprint density at radius 2 is 1.27 bits per heavy atom. The summed E-state index contributed by atoms with van der Waals surface area (Å²) in [5.74, 6) is 0. The largest absolute Gasteiger partial charge is 0.394 e. The van der Waals surface area contributed by atoms with Crippen LogP contribution in [0.25, 0.3) is 0 Å². The quantitative estimate of drug-likeness (QED) is 0.204. The summed E-state index contributed by atoms with van der Waals surface area (Å²) in [5.41, 5.74) is 0. The lowest BCUT2D eigenvalue weighted by atomic mass is 9.95. The molecule has 0 radical (unpaired) electrons. The van der Waals surface area contributed by atoms with E-state index < -0.39 is 43.4 Å². The number of rotatable bonds is 18. The van der Waals surface area contributed by atoms with E-state index in [0.717, 1.165) is 19.4 Å². The minimum atomic E-state index is -1.52. The average Bonchev–Trinajstić information content (AvgIpc) is 2.75. The SMILES string of the molecule is CCCCCCCCCCCOCCCCO[C@H]1O[C@H]([C@@H](O)CO)[C@@H](O)[C@H](O)[C@@H]1O. The van der Waals surface area contributed by atoms with Gasteiger partial charge < -0.3 is 39.7 Å². The third-order valence-electron chi connectivity index (χ3n) is 5.53. The molecule has 0 aromatic rings. The van der Waals surface area contributed by atoms with Crippen molar-refractivity contribution < 1.29 is 39.7 Å². The molecule has 1 aliphatic heterocycles. The van der Waals surface area contributed by atoms with E-state index in [1.807, 2.05) is 0 Å². The fourth-order valence-electron chi connectivity index (χ4n) is 3.56. The molecule has 1 aliphatic rings. The summed E-state index contributed by atoms with van der Waals surface area (Å²) in [6, 6.07) is 0. The summed E-state index contributed by atoms with van der Waals surface area (Å²) < 4.78 is 16.4. The molecule has 1 heterocycles. The third kappa shape index (κ3) is 10.8. The Labute approximate surface area is 181 Å². The maximum Gasteiger partial charge on any atom is 0.186 e. The normalized spacial score (nSPS) is 28.0. The van der Waals surface area contributed by atoms with Gasteiger partial charge in [-0.25, -0.2) is 0 Å². The van der Waals surface area contributed by atoms with Crippen LogP contribution in [0.1, 0.15) is 77.6 Å². The molecule has 0 unspecified atom stereocenters. The maximum absolute atomic E-state index is 9.97. The van der Waals surface area contributed by atoms with Gasteiger partial charge in [-0.3, -0.25) is 0 Å². The van der Waals surface area contributed by atoms with Crippen LogP contribution >= 0.6 is 0 Å². The van der Waals surface area contributed by atoms with Gasteiger partial charge in [0.15, 0.2) is 6.29 Å². The monoisotopic (exact) mass is 436 g/mol. The van der Waals surface area contributed by atoms with Crippen molar-refractivity contribution in [2.24, 2.45) is 0 Å². The summed E-state index contributed by atoms with van der Waals surface area (Å²) in [5, 5.41) is 48.4. The van der Waals surface area contributed by atoms with Crippen LogP contribution in [0, 0.1) is 0 Å². The number of hydrogen-bond donors (Lipinski definition) is 5. The number of aliphatic hydroxyl groups is 5. The van der Waals surface area contributed by atoms with Crippen LogP contribution in [0.15, 0.2) is 0 Å². The fourth-order valence-corrected chi connectivity index (χ4v) is 3.56. The summed E-state index contributed by atoms with van der Waals surface area (Å²) in [4.78, 5) is 0. The Hall–Kier alpha value is -0.320. The van der Waals surface area contributed by atoms with Gasteiger partial charge in [-0.1, -0.05) is 58.3 Å². The van der Waals surface area contributed by atoms with Gasteiger partial charge in [-0.15, -0.1) is 0 Å². The van der Waals surface area contributed by atoms with Gasteiger partial charge in [0.05, 0.1) is 6.61 Å². The molecule has 0 saturated carbocycles. The minimum Gasteiger partial charge on any atom is -0.394 e. The summed E-state index contributed by atoms with van der Waals surface area (Å²) in [6.07, 6.45) is 4.88. The smallest absolute Gasteiger partial charge is 0.186 e. The molecule has 8 heteroatoms. The molecule has 0 spiro atoms. The molecule has 0 aliphatic carbocycles. The molecule has 1 saturated heterocycles. The van der Waals surface area contributed by atoms with Crippen molar-refractivity contribution in [1.29, 1.82) is 0 Å². The van der Waals surface area contributed by atoms with Crippen LogP contribution < -0.4 is 0 Å². The molecular formula is C22H44O8. The Morgan fingerprint density at radius 3 is 1.87 bits per heavy atom. The third-order valence-corrected chi connectivity index (χ3v) is 5.53. The number of unbranched alkanes of at least 4 members (excludes halogenated alkanes) is 9. The molecule has 1 fully saturated rings. The first-order valence-electron chi connectivity index (χ1n) is 11.7. The van der Waals surface area contributed by atoms with Gasteiger partial charge >= 0.3 is 0 Å². The van der Waals surface area contributed by atoms with E-state index in [1.165, 1.54) is 51.4 Å². The Balaban J connectivity index is 1.99. The highest BCUT2D eigenvalue weighted by atomic mass is 16.7. The number of ether oxygens (including phenoxy) is 3. The van der Waals surface area contributed by atoms with E-state index in [9.17, 15) is 20.4 Å². The first-order chi connectivity index (χ1) is 14.5. The van der Waals surface area contributed by atoms with E-state index in [0.29, 0.717) is 13.0 Å². The van der Waals surface area contributed by atoms with Gasteiger partial charge in [-0.05, 0) is 19.3 Å². The van der Waals surface area contributed by atoms with Gasteiger partial charge in [0.1, 0.15) is 30.5 Å². The fraction of sp³-hybridized carbons (Fsp3) is 1.00. The molecule has 0 aromatic carbocycles. The van der Waals surface area contributed by atoms with E-state index in [1.54, 1.807) is 0 Å². The zero-order valence-electron chi connectivity index (χ0n) is 18.5. The first kappa shape index (κ1) is 27.7. The molecular weight excluding hydrogens is 392 g/mol. The average molecular weight is 437 g/mol. The Morgan fingerprint density at radius 1 is 0.733 bits per heavy atom. The summed E-state index contributed by atoms with van der Waals surface area (Å²) >= 11 is 0. The second kappa shape index (κ2) is 17.3. The summed E-state index contributed by atoms with van der Waals surface area (Å²) in [6.45, 7) is 3.30. The van der Waals surface area contributed by atoms with Crippen LogP contribution in [-0.4, -0.2) is 88.8 Å². The van der Waals surface area contributed by atoms with E-state index in [4.69, 9.17) is 19.3 Å². The van der Waals surface area contributed by atoms with Crippen LogP contribution in [0.5, 0.6) is 0 Å². The number of aliphatic hydroxyl groups excluding tert-OH is 5. The highest BCUT2D eigenvalue weighted by Crippen LogP contribution is 2.24. The second-order valence-electron chi connectivity index (χ2n) is 8.21. The predicted octanol–water partition coefficient (Wildman–Crippen LogP) is 1.49. The molecule has 180 valence electrons. The van der Waals surface area contributed by atoms with E-state index >= 15 is 0 Å². The van der Waals surface area contributed by atoms with Crippen LogP contribution in [0.4, 0.5) is 0 Å². The van der Waals surface area contributed by atoms with E-state index in [-0.39, 0.29) is 6.61 Å². The maximum atomic E-state index is 9.97. The van der Waals surface area contributed by atoms with Gasteiger partial charge in [0.25, 0.3) is 0 Å². The van der Waals surface area contributed by atoms with Crippen molar-refractivity contribution in [2.75, 3.05) is 26.4 Å². The van der Waals surface area contributed by atoms with Crippen molar-refractivity contribution in [3.8, 4) is 0 Å². The lowest BCUT2D eigenvalue weighted by molar-refractivity contribution is -0.311. The molecule has 30 heavy (non-hydrogen) atoms. The molecule has 0 amide bonds. The second-order valence-corrected chi connectivity index (χ2v) is 8.21. The molecule has 1 rings (SSSR count). The summed E-state index contributed by atoms with van der Waals surface area (Å²) in [7, 11) is 0. The lowest BCUT2D eigenvalue weighted by Gasteiger charge is -2.41. The Bertz CT molecular complexity index is 397. The highest BCUT2D eigenvalue weighted by Gasteiger charge is 2.46. The van der Waals surface area contributed by atoms with Gasteiger partial charge in [0.2, 0.25) is 0 Å². The van der Waals surface area contributed by atoms with Crippen molar-refractivity contribution in [1.82, 2.24) is 0 Å². The Kier molecular flexibility index (Phi) is 15.9. The molecule has 0 aromatic heterocycles. The molecule has 0 bridgehead atoms. The standard InChI is InChI=1S/C22H44O8/c1-2-3-4-5-6-7-8-9-10-13-28-14-11-12-15-29-22-20(27)18(25)19(26)21(30-22)17(24)16-23/h17-27H,2-16H2,1H3/t17-,18-,19-,20-,21+,22-/m0/s1. The van der Waals surface area contributed by atoms with Crippen LogP contribution in [0.2, 0.25) is 0 Å². The van der Waals surface area contributed by atoms with Gasteiger partial charge in [0, 0.05) is 19.8 Å². The zero-order valence-corrected chi connectivity index (χ0v) is 18.5. The van der Waals surface area contributed by atoms with Crippen LogP contribution in [0.3, 0.4) is 0 Å². The number of hydrogen-bond acceptors (Lipinski definition) is 8. The van der Waals surface area contributed by atoms with Crippen LogP contribution in [-0.2, 0) is 14.2 Å². The zero-order chi connectivity index (χ0) is 22.2. The van der Waals surface area contributed by atoms with Crippen molar-refractivity contribution in [3.63, 3.8) is 0 Å². The predicted molar refractivity (Wildman–Crippen MR) is 113 cm³/mol. The topological polar surface area (TPSA) is 129 Å². The highest BCUT2D eigenvalue weighted by molar-refractivity contribution is 4.92. The van der Waals surface area contributed by atoms with Gasteiger partial charge in [-0.2, -0.15) is 0 Å². The molecule has 8 nitrogen and oxygen atoms in total. The first-order valence-corrected chi connectivity index (χ1v) is 11.7. The van der Waals surface area contributed by atoms with Crippen molar-refractivity contribution in [2.45, 2.75) is 114 Å². The lowest BCUT2D eigenvalue weighted by Crippen LogP contribution is -2.61. The van der Waals surface area contributed by atoms with Crippen molar-refractivity contribution in [3.05, 3.63) is 0 Å². The van der Waals surface area contributed by atoms with E-state index in [2.05, 4.69) is 6.92 Å².